The second-order valence-electron chi connectivity index (χ2n) is 5.10. The summed E-state index contributed by atoms with van der Waals surface area (Å²) in [7, 11) is 0. The minimum Gasteiger partial charge on any atom is -0.444 e. The van der Waals surface area contributed by atoms with Gasteiger partial charge in [0.15, 0.2) is 0 Å². The van der Waals surface area contributed by atoms with Crippen LogP contribution < -0.4 is 16.7 Å². The second-order valence-corrected chi connectivity index (χ2v) is 5.10. The average molecular weight is 372 g/mol. The molecule has 0 heterocycles. The quantitative estimate of drug-likeness (QED) is 0.312. The van der Waals surface area contributed by atoms with Crippen LogP contribution in [0.25, 0.3) is 0 Å². The van der Waals surface area contributed by atoms with Crippen molar-refractivity contribution in [1.82, 2.24) is 10.9 Å². The van der Waals surface area contributed by atoms with Gasteiger partial charge in [0, 0.05) is 6.21 Å². The maximum atomic E-state index is 11.0. The van der Waals surface area contributed by atoms with E-state index >= 15 is 0 Å². The van der Waals surface area contributed by atoms with E-state index in [1.54, 1.807) is 6.21 Å². The van der Waals surface area contributed by atoms with Gasteiger partial charge >= 0.3 is 12.2 Å². The van der Waals surface area contributed by atoms with Crippen molar-refractivity contribution in [2.45, 2.75) is 26.6 Å². The molecule has 0 aliphatic carbocycles. The molecule has 0 aliphatic heterocycles. The lowest BCUT2D eigenvalue weighted by atomic mass is 10.2. The van der Waals surface area contributed by atoms with E-state index in [4.69, 9.17) is 15.3 Å². The van der Waals surface area contributed by atoms with Gasteiger partial charge in [0.2, 0.25) is 0 Å². The largest absolute Gasteiger partial charge is 0.444 e. The molecule has 0 unspecified atom stereocenters. The molecule has 2 amide bonds. The minimum atomic E-state index is -0.626. The van der Waals surface area contributed by atoms with E-state index < -0.39 is 12.2 Å². The molecule has 0 saturated carbocycles. The van der Waals surface area contributed by atoms with Crippen molar-refractivity contribution in [3.8, 4) is 0 Å². The molecule has 8 nitrogen and oxygen atoms in total. The molecule has 144 valence electrons. The number of hydrogen-bond donors (Lipinski definition) is 3. The van der Waals surface area contributed by atoms with Crippen LogP contribution >= 0.6 is 0 Å². The SMILES string of the molecule is CC/C=N/NC(=O)OCc1ccccc1.NNC(=O)OCc1ccccc1. The Morgan fingerprint density at radius 1 is 0.926 bits per heavy atom. The van der Waals surface area contributed by atoms with Gasteiger partial charge in [-0.15, -0.1) is 0 Å². The van der Waals surface area contributed by atoms with E-state index in [0.717, 1.165) is 17.5 Å². The Morgan fingerprint density at radius 2 is 1.41 bits per heavy atom. The Hall–Kier alpha value is -3.39. The van der Waals surface area contributed by atoms with E-state index in [1.807, 2.05) is 73.0 Å². The van der Waals surface area contributed by atoms with Crippen molar-refractivity contribution >= 4 is 18.4 Å². The predicted molar refractivity (Wildman–Crippen MR) is 102 cm³/mol. The van der Waals surface area contributed by atoms with Crippen LogP contribution in [-0.2, 0) is 22.7 Å². The highest BCUT2D eigenvalue weighted by atomic mass is 16.6. The van der Waals surface area contributed by atoms with Crippen LogP contribution in [0.15, 0.2) is 65.8 Å². The number of nitrogens with zero attached hydrogens (tertiary/aromatic N) is 1. The lowest BCUT2D eigenvalue weighted by Gasteiger charge is -2.02. The number of rotatable bonds is 6. The van der Waals surface area contributed by atoms with Gasteiger partial charge < -0.3 is 9.47 Å². The topological polar surface area (TPSA) is 115 Å². The van der Waals surface area contributed by atoms with E-state index in [1.165, 1.54) is 0 Å². The van der Waals surface area contributed by atoms with E-state index in [9.17, 15) is 9.59 Å². The fourth-order valence-corrected chi connectivity index (χ4v) is 1.71. The molecule has 4 N–H and O–H groups in total. The highest BCUT2D eigenvalue weighted by Crippen LogP contribution is 2.00. The summed E-state index contributed by atoms with van der Waals surface area (Å²) in [5, 5.41) is 3.65. The second kappa shape index (κ2) is 13.9. The normalized spacial score (nSPS) is 9.70. The Morgan fingerprint density at radius 3 is 1.85 bits per heavy atom. The Labute approximate surface area is 158 Å². The summed E-state index contributed by atoms with van der Waals surface area (Å²) in [6.07, 6.45) is 1.21. The molecular weight excluding hydrogens is 348 g/mol. The standard InChI is InChI=1S/C11H14N2O2.C8H10N2O2/c1-2-8-12-13-11(14)15-9-10-6-4-3-5-7-10;9-10-8(11)12-6-7-4-2-1-3-5-7/h3-8H,2,9H2,1H3,(H,13,14);1-5H,6,9H2,(H,10,11)/b12-8+;. The maximum absolute atomic E-state index is 11.0. The summed E-state index contributed by atoms with van der Waals surface area (Å²) in [4.78, 5) is 21.6. The molecule has 2 aromatic rings. The third-order valence-corrected chi connectivity index (χ3v) is 2.97. The van der Waals surface area contributed by atoms with Gasteiger partial charge in [-0.3, -0.25) is 5.43 Å². The summed E-state index contributed by atoms with van der Waals surface area (Å²) in [6, 6.07) is 18.9. The zero-order valence-electron chi connectivity index (χ0n) is 15.1. The van der Waals surface area contributed by atoms with E-state index in [0.29, 0.717) is 0 Å². The minimum absolute atomic E-state index is 0.240. The van der Waals surface area contributed by atoms with Crippen LogP contribution in [0.3, 0.4) is 0 Å². The van der Waals surface area contributed by atoms with Gasteiger partial charge in [0.1, 0.15) is 13.2 Å². The molecule has 0 fully saturated rings. The lowest BCUT2D eigenvalue weighted by molar-refractivity contribution is 0.139. The summed E-state index contributed by atoms with van der Waals surface area (Å²) < 4.78 is 9.61. The summed E-state index contributed by atoms with van der Waals surface area (Å²) in [5.41, 5.74) is 6.02. The highest BCUT2D eigenvalue weighted by molar-refractivity contribution is 5.69. The first-order chi connectivity index (χ1) is 13.2. The molecule has 0 bridgehead atoms. The number of amides is 2. The molecule has 0 radical (unpaired) electrons. The first-order valence-corrected chi connectivity index (χ1v) is 8.31. The van der Waals surface area contributed by atoms with Crippen molar-refractivity contribution in [3.05, 3.63) is 71.8 Å². The van der Waals surface area contributed by atoms with Crippen molar-refractivity contribution in [2.75, 3.05) is 0 Å². The first-order valence-electron chi connectivity index (χ1n) is 8.31. The number of hydrazine groups is 1. The zero-order valence-corrected chi connectivity index (χ0v) is 15.1. The molecular formula is C19H24N4O4. The number of carbonyl (C=O) groups is 2. The highest BCUT2D eigenvalue weighted by Gasteiger charge is 1.99. The fraction of sp³-hybridized carbons (Fsp3) is 0.211. The van der Waals surface area contributed by atoms with Crippen molar-refractivity contribution < 1.29 is 19.1 Å². The molecule has 8 heteroatoms. The molecule has 2 aromatic carbocycles. The molecule has 2 rings (SSSR count). The van der Waals surface area contributed by atoms with Gasteiger partial charge in [-0.05, 0) is 17.5 Å². The molecule has 0 aromatic heterocycles. The van der Waals surface area contributed by atoms with Crippen LogP contribution in [0.4, 0.5) is 9.59 Å². The maximum Gasteiger partial charge on any atom is 0.428 e. The van der Waals surface area contributed by atoms with Crippen LogP contribution in [0.5, 0.6) is 0 Å². The number of carbonyl (C=O) groups excluding carboxylic acids is 2. The summed E-state index contributed by atoms with van der Waals surface area (Å²) in [5.74, 6) is 4.81. The van der Waals surface area contributed by atoms with Crippen molar-refractivity contribution in [3.63, 3.8) is 0 Å². The first kappa shape index (κ1) is 21.7. The Balaban J connectivity index is 0.000000277. The number of benzene rings is 2. The van der Waals surface area contributed by atoms with Gasteiger partial charge in [-0.2, -0.15) is 5.10 Å². The molecule has 0 spiro atoms. The van der Waals surface area contributed by atoms with Crippen LogP contribution in [-0.4, -0.2) is 18.4 Å². The Bertz CT molecular complexity index is 693. The van der Waals surface area contributed by atoms with Crippen molar-refractivity contribution in [2.24, 2.45) is 10.9 Å². The summed E-state index contributed by atoms with van der Waals surface area (Å²) >= 11 is 0. The Kier molecular flexibility index (Phi) is 11.1. The van der Waals surface area contributed by atoms with Gasteiger partial charge in [0.25, 0.3) is 0 Å². The number of nitrogens with one attached hydrogen (secondary N) is 2. The molecule has 0 saturated heterocycles. The van der Waals surface area contributed by atoms with E-state index in [2.05, 4.69) is 10.5 Å². The van der Waals surface area contributed by atoms with Crippen LogP contribution in [0.1, 0.15) is 24.5 Å². The van der Waals surface area contributed by atoms with Gasteiger partial charge in [0.05, 0.1) is 0 Å². The van der Waals surface area contributed by atoms with Gasteiger partial charge in [-0.1, -0.05) is 67.6 Å². The van der Waals surface area contributed by atoms with Crippen LogP contribution in [0.2, 0.25) is 0 Å². The van der Waals surface area contributed by atoms with Gasteiger partial charge in [-0.25, -0.2) is 20.9 Å². The van der Waals surface area contributed by atoms with E-state index in [-0.39, 0.29) is 13.2 Å². The number of nitrogens with two attached hydrogens (primary N) is 1. The third-order valence-electron chi connectivity index (χ3n) is 2.97. The van der Waals surface area contributed by atoms with Crippen molar-refractivity contribution in [1.29, 1.82) is 0 Å². The summed E-state index contributed by atoms with van der Waals surface area (Å²) in [6.45, 7) is 2.43. The number of hydrazone groups is 1. The molecule has 0 aliphatic rings. The average Bonchev–Trinajstić information content (AvgIpc) is 2.72. The fourth-order valence-electron chi connectivity index (χ4n) is 1.71. The number of ether oxygens (including phenoxy) is 2. The molecule has 0 atom stereocenters. The molecule has 27 heavy (non-hydrogen) atoms. The zero-order chi connectivity index (χ0) is 19.7. The number of hydrogen-bond acceptors (Lipinski definition) is 6. The monoisotopic (exact) mass is 372 g/mol. The third kappa shape index (κ3) is 11.0. The predicted octanol–water partition coefficient (Wildman–Crippen LogP) is 3.10. The van der Waals surface area contributed by atoms with Crippen LogP contribution in [0, 0.1) is 0 Å². The smallest absolute Gasteiger partial charge is 0.428 e. The lowest BCUT2D eigenvalue weighted by Crippen LogP contribution is -2.30.